The van der Waals surface area contributed by atoms with Crippen molar-refractivity contribution in [1.82, 2.24) is 0 Å². The normalized spacial score (nSPS) is 9.88. The Morgan fingerprint density at radius 2 is 1.47 bits per heavy atom. The Kier molecular flexibility index (Phi) is 2.76. The number of rotatable bonds is 3. The van der Waals surface area contributed by atoms with Gasteiger partial charge in [0.15, 0.2) is 5.69 Å². The van der Waals surface area contributed by atoms with Crippen molar-refractivity contribution < 1.29 is 19.9 Å². The number of hydrogen-bond donors (Lipinski definition) is 2. The zero-order valence-corrected chi connectivity index (χ0v) is 7.89. The number of nitrogen functional groups attached to an aromatic ring is 1. The van der Waals surface area contributed by atoms with Crippen molar-refractivity contribution >= 4 is 22.7 Å². The lowest BCUT2D eigenvalue weighted by Crippen LogP contribution is -2.03. The fourth-order valence-electron chi connectivity index (χ4n) is 1.12. The number of phenols is 1. The average molecular weight is 244 g/mol. The highest BCUT2D eigenvalue weighted by atomic mass is 16.6. The van der Waals surface area contributed by atoms with Gasteiger partial charge in [-0.2, -0.15) is 0 Å². The average Bonchev–Trinajstić information content (AvgIpc) is 2.15. The van der Waals surface area contributed by atoms with Crippen molar-refractivity contribution in [2.24, 2.45) is 0 Å². The van der Waals surface area contributed by atoms with Crippen LogP contribution in [0.2, 0.25) is 0 Å². The van der Waals surface area contributed by atoms with Gasteiger partial charge in [-0.3, -0.25) is 30.3 Å². The molecule has 0 amide bonds. The maximum atomic E-state index is 10.5. The molecule has 0 spiro atoms. The summed E-state index contributed by atoms with van der Waals surface area (Å²) in [6, 6.07) is 0.359. The van der Waals surface area contributed by atoms with Crippen LogP contribution in [-0.4, -0.2) is 19.9 Å². The number of phenolic OH excluding ortho intramolecular Hbond substituents is 1. The minimum Gasteiger partial charge on any atom is -0.497 e. The number of hydrogen-bond acceptors (Lipinski definition) is 8. The van der Waals surface area contributed by atoms with Crippen LogP contribution in [0.4, 0.5) is 22.7 Å². The van der Waals surface area contributed by atoms with Crippen LogP contribution in [0.5, 0.6) is 5.75 Å². The van der Waals surface area contributed by atoms with E-state index in [9.17, 15) is 35.4 Å². The van der Waals surface area contributed by atoms with Gasteiger partial charge in [-0.05, 0) is 0 Å². The van der Waals surface area contributed by atoms with Crippen LogP contribution in [0.25, 0.3) is 0 Å². The van der Waals surface area contributed by atoms with Gasteiger partial charge in [0.05, 0.1) is 14.8 Å². The van der Waals surface area contributed by atoms with Crippen molar-refractivity contribution in [3.05, 3.63) is 36.4 Å². The van der Waals surface area contributed by atoms with E-state index < -0.39 is 43.3 Å². The van der Waals surface area contributed by atoms with Crippen LogP contribution in [0.1, 0.15) is 0 Å². The van der Waals surface area contributed by atoms with E-state index in [1.165, 1.54) is 0 Å². The van der Waals surface area contributed by atoms with E-state index in [1.807, 2.05) is 0 Å². The SMILES string of the molecule is Nc1c([N+](=O)[O-])cc([N+](=O)[O-])c(O)c1[N+](=O)[O-]. The summed E-state index contributed by atoms with van der Waals surface area (Å²) in [5, 5.41) is 40.7. The van der Waals surface area contributed by atoms with E-state index in [0.29, 0.717) is 6.07 Å². The van der Waals surface area contributed by atoms with Gasteiger partial charge in [0.25, 0.3) is 5.75 Å². The van der Waals surface area contributed by atoms with Crippen LogP contribution >= 0.6 is 0 Å². The predicted octanol–water partition coefficient (Wildman–Crippen LogP) is 0.699. The van der Waals surface area contributed by atoms with E-state index in [4.69, 9.17) is 5.73 Å². The van der Waals surface area contributed by atoms with Crippen LogP contribution in [0.3, 0.4) is 0 Å². The summed E-state index contributed by atoms with van der Waals surface area (Å²) in [4.78, 5) is 27.9. The first kappa shape index (κ1) is 12.1. The standard InChI is InChI=1S/C6H4N4O7/c7-4-2(8(12)13)1-3(9(14)15)6(11)5(4)10(16)17/h1,11H,7H2. The first-order valence-corrected chi connectivity index (χ1v) is 3.86. The molecular weight excluding hydrogens is 240 g/mol. The number of nitro groups is 3. The molecule has 11 heteroatoms. The van der Waals surface area contributed by atoms with Gasteiger partial charge in [-0.15, -0.1) is 0 Å². The van der Waals surface area contributed by atoms with E-state index in [0.717, 1.165) is 0 Å². The molecule has 17 heavy (non-hydrogen) atoms. The Morgan fingerprint density at radius 3 is 1.82 bits per heavy atom. The Labute approximate surface area is 91.5 Å². The van der Waals surface area contributed by atoms with Crippen LogP contribution in [-0.2, 0) is 0 Å². The summed E-state index contributed by atoms with van der Waals surface area (Å²) in [6.07, 6.45) is 0. The molecule has 0 heterocycles. The van der Waals surface area contributed by atoms with Gasteiger partial charge in [0, 0.05) is 0 Å². The van der Waals surface area contributed by atoms with E-state index in [2.05, 4.69) is 0 Å². The van der Waals surface area contributed by atoms with Crippen LogP contribution in [0.15, 0.2) is 6.07 Å². The number of nitrogens with zero attached hydrogens (tertiary/aromatic N) is 3. The molecule has 0 bridgehead atoms. The Hall–Kier alpha value is -2.98. The molecule has 0 saturated carbocycles. The molecule has 0 aliphatic heterocycles. The summed E-state index contributed by atoms with van der Waals surface area (Å²) in [6.45, 7) is 0. The van der Waals surface area contributed by atoms with E-state index in [-0.39, 0.29) is 0 Å². The lowest BCUT2D eigenvalue weighted by molar-refractivity contribution is -0.403. The first-order valence-electron chi connectivity index (χ1n) is 3.86. The van der Waals surface area contributed by atoms with Gasteiger partial charge >= 0.3 is 17.1 Å². The minimum absolute atomic E-state index is 0.359. The fraction of sp³-hybridized carbons (Fsp3) is 0. The van der Waals surface area contributed by atoms with E-state index >= 15 is 0 Å². The lowest BCUT2D eigenvalue weighted by Gasteiger charge is -2.01. The number of anilines is 1. The smallest absolute Gasteiger partial charge is 0.347 e. The zero-order valence-electron chi connectivity index (χ0n) is 7.89. The molecule has 0 aromatic heterocycles. The summed E-state index contributed by atoms with van der Waals surface area (Å²) in [5.41, 5.74) is 0.721. The molecule has 0 saturated heterocycles. The summed E-state index contributed by atoms with van der Waals surface area (Å²) >= 11 is 0. The number of benzene rings is 1. The Bertz CT molecular complexity index is 501. The summed E-state index contributed by atoms with van der Waals surface area (Å²) < 4.78 is 0. The Morgan fingerprint density at radius 1 is 1.00 bits per heavy atom. The zero-order chi connectivity index (χ0) is 13.3. The van der Waals surface area contributed by atoms with Crippen molar-refractivity contribution in [3.8, 4) is 5.75 Å². The second kappa shape index (κ2) is 3.88. The molecular formula is C6H4N4O7. The maximum Gasteiger partial charge on any atom is 0.347 e. The minimum atomic E-state index is -1.32. The third kappa shape index (κ3) is 1.88. The van der Waals surface area contributed by atoms with Crippen molar-refractivity contribution in [1.29, 1.82) is 0 Å². The summed E-state index contributed by atoms with van der Waals surface area (Å²) in [7, 11) is 0. The molecule has 0 radical (unpaired) electrons. The molecule has 0 aliphatic rings. The highest BCUT2D eigenvalue weighted by molar-refractivity contribution is 5.81. The predicted molar refractivity (Wildman–Crippen MR) is 52.5 cm³/mol. The largest absolute Gasteiger partial charge is 0.497 e. The van der Waals surface area contributed by atoms with E-state index in [1.54, 1.807) is 0 Å². The quantitative estimate of drug-likeness (QED) is 0.443. The number of nitro benzene ring substituents is 3. The van der Waals surface area contributed by atoms with Crippen LogP contribution < -0.4 is 5.73 Å². The third-order valence-corrected chi connectivity index (χ3v) is 1.85. The van der Waals surface area contributed by atoms with Crippen molar-refractivity contribution in [3.63, 3.8) is 0 Å². The summed E-state index contributed by atoms with van der Waals surface area (Å²) in [5.74, 6) is -1.32. The molecule has 0 aliphatic carbocycles. The molecule has 0 atom stereocenters. The molecule has 11 nitrogen and oxygen atoms in total. The Balaban J connectivity index is 3.76. The second-order valence-corrected chi connectivity index (χ2v) is 2.80. The molecule has 1 aromatic rings. The highest BCUT2D eigenvalue weighted by Crippen LogP contribution is 2.45. The monoisotopic (exact) mass is 244 g/mol. The third-order valence-electron chi connectivity index (χ3n) is 1.85. The maximum absolute atomic E-state index is 10.5. The van der Waals surface area contributed by atoms with Crippen molar-refractivity contribution in [2.45, 2.75) is 0 Å². The van der Waals surface area contributed by atoms with Crippen LogP contribution in [0, 0.1) is 30.3 Å². The first-order chi connectivity index (χ1) is 7.77. The van der Waals surface area contributed by atoms with Gasteiger partial charge in [0.1, 0.15) is 6.07 Å². The lowest BCUT2D eigenvalue weighted by atomic mass is 10.2. The highest BCUT2D eigenvalue weighted by Gasteiger charge is 2.35. The van der Waals surface area contributed by atoms with Gasteiger partial charge in [-0.25, -0.2) is 0 Å². The topological polar surface area (TPSA) is 176 Å². The van der Waals surface area contributed by atoms with Gasteiger partial charge in [0.2, 0.25) is 0 Å². The van der Waals surface area contributed by atoms with Crippen molar-refractivity contribution in [2.75, 3.05) is 5.73 Å². The van der Waals surface area contributed by atoms with Gasteiger partial charge < -0.3 is 10.8 Å². The molecule has 0 fully saturated rings. The van der Waals surface area contributed by atoms with Gasteiger partial charge in [-0.1, -0.05) is 0 Å². The molecule has 0 unspecified atom stereocenters. The molecule has 3 N–H and O–H groups in total. The second-order valence-electron chi connectivity index (χ2n) is 2.80. The molecule has 90 valence electrons. The number of aromatic hydroxyl groups is 1. The molecule has 1 rings (SSSR count). The molecule has 1 aromatic carbocycles. The number of nitrogens with two attached hydrogens (primary N) is 1. The fourth-order valence-corrected chi connectivity index (χ4v) is 1.12.